The normalized spacial score (nSPS) is 12.1. The minimum Gasteiger partial charge on any atom is -0.491 e. The summed E-state index contributed by atoms with van der Waals surface area (Å²) in [5.41, 5.74) is 0.898. The van der Waals surface area contributed by atoms with Gasteiger partial charge in [-0.25, -0.2) is 4.98 Å². The molecular weight excluding hydrogens is 368 g/mol. The van der Waals surface area contributed by atoms with Crippen LogP contribution in [0.1, 0.15) is 23.7 Å². The molecule has 1 N–H and O–H groups in total. The number of fused-ring (bicyclic) bond motifs is 1. The zero-order valence-electron chi connectivity index (χ0n) is 14.8. The van der Waals surface area contributed by atoms with E-state index in [1.54, 1.807) is 49.4 Å². The van der Waals surface area contributed by atoms with Crippen molar-refractivity contribution in [2.24, 2.45) is 0 Å². The SMILES string of the molecule is CCC(=O)c1ccc(OC[C@H](O)Cn2cnc3ccc(Cl)cc3c2=O)cc1. The summed E-state index contributed by atoms with van der Waals surface area (Å²) in [6.07, 6.45) is 0.934. The Bertz CT molecular complexity index is 1010. The van der Waals surface area contributed by atoms with Crippen LogP contribution in [0, 0.1) is 0 Å². The number of aliphatic hydroxyl groups excluding tert-OH is 1. The molecule has 1 heterocycles. The first-order chi connectivity index (χ1) is 13.0. The quantitative estimate of drug-likeness (QED) is 0.631. The van der Waals surface area contributed by atoms with Crippen LogP contribution in [0.15, 0.2) is 53.6 Å². The van der Waals surface area contributed by atoms with Gasteiger partial charge in [0.1, 0.15) is 18.5 Å². The van der Waals surface area contributed by atoms with Gasteiger partial charge in [-0.2, -0.15) is 0 Å². The molecule has 3 rings (SSSR count). The molecule has 0 aliphatic heterocycles. The van der Waals surface area contributed by atoms with E-state index in [0.29, 0.717) is 33.7 Å². The topological polar surface area (TPSA) is 81.4 Å². The third-order valence-electron chi connectivity index (χ3n) is 4.13. The van der Waals surface area contributed by atoms with Crippen molar-refractivity contribution >= 4 is 28.3 Å². The fourth-order valence-corrected chi connectivity index (χ4v) is 2.85. The lowest BCUT2D eigenvalue weighted by atomic mass is 10.1. The molecular formula is C20H19ClN2O4. The monoisotopic (exact) mass is 386 g/mol. The van der Waals surface area contributed by atoms with Gasteiger partial charge in [0.15, 0.2) is 5.78 Å². The third kappa shape index (κ3) is 4.53. The molecule has 0 radical (unpaired) electrons. The maximum Gasteiger partial charge on any atom is 0.261 e. The van der Waals surface area contributed by atoms with Gasteiger partial charge in [0, 0.05) is 17.0 Å². The molecule has 140 valence electrons. The maximum atomic E-state index is 12.5. The van der Waals surface area contributed by atoms with Crippen molar-refractivity contribution in [1.29, 1.82) is 0 Å². The van der Waals surface area contributed by atoms with Gasteiger partial charge in [0.25, 0.3) is 5.56 Å². The molecule has 0 saturated heterocycles. The van der Waals surface area contributed by atoms with Gasteiger partial charge in [-0.05, 0) is 42.5 Å². The van der Waals surface area contributed by atoms with Crippen LogP contribution in [-0.4, -0.2) is 33.2 Å². The number of hydrogen-bond donors (Lipinski definition) is 1. The van der Waals surface area contributed by atoms with Crippen molar-refractivity contribution in [3.8, 4) is 5.75 Å². The number of hydrogen-bond acceptors (Lipinski definition) is 5. The van der Waals surface area contributed by atoms with Crippen LogP contribution in [0.4, 0.5) is 0 Å². The van der Waals surface area contributed by atoms with Crippen molar-refractivity contribution in [3.05, 3.63) is 69.7 Å². The van der Waals surface area contributed by atoms with E-state index in [4.69, 9.17) is 16.3 Å². The number of benzene rings is 2. The van der Waals surface area contributed by atoms with Crippen LogP contribution in [0.3, 0.4) is 0 Å². The molecule has 0 amide bonds. The van der Waals surface area contributed by atoms with Crippen LogP contribution in [0.5, 0.6) is 5.75 Å². The van der Waals surface area contributed by atoms with E-state index in [-0.39, 0.29) is 24.5 Å². The molecule has 7 heteroatoms. The highest BCUT2D eigenvalue weighted by Crippen LogP contribution is 2.15. The Kier molecular flexibility index (Phi) is 5.88. The second-order valence-electron chi connectivity index (χ2n) is 6.13. The number of ether oxygens (including phenoxy) is 1. The molecule has 3 aromatic rings. The predicted molar refractivity (Wildman–Crippen MR) is 104 cm³/mol. The summed E-state index contributed by atoms with van der Waals surface area (Å²) in [4.78, 5) is 28.3. The summed E-state index contributed by atoms with van der Waals surface area (Å²) in [5.74, 6) is 0.599. The fraction of sp³-hybridized carbons (Fsp3) is 0.250. The Balaban J connectivity index is 1.65. The Morgan fingerprint density at radius 3 is 2.70 bits per heavy atom. The van der Waals surface area contributed by atoms with Crippen molar-refractivity contribution in [1.82, 2.24) is 9.55 Å². The van der Waals surface area contributed by atoms with Gasteiger partial charge < -0.3 is 9.84 Å². The molecule has 0 aliphatic carbocycles. The minimum atomic E-state index is -0.905. The molecule has 2 aromatic carbocycles. The van der Waals surface area contributed by atoms with Crippen LogP contribution in [0.2, 0.25) is 5.02 Å². The Morgan fingerprint density at radius 2 is 2.00 bits per heavy atom. The predicted octanol–water partition coefficient (Wildman–Crippen LogP) is 3.08. The van der Waals surface area contributed by atoms with E-state index in [1.807, 2.05) is 0 Å². The highest BCUT2D eigenvalue weighted by Gasteiger charge is 2.11. The zero-order valence-corrected chi connectivity index (χ0v) is 15.5. The smallest absolute Gasteiger partial charge is 0.261 e. The van der Waals surface area contributed by atoms with E-state index < -0.39 is 6.10 Å². The van der Waals surface area contributed by atoms with E-state index in [0.717, 1.165) is 0 Å². The van der Waals surface area contributed by atoms with Gasteiger partial charge in [-0.3, -0.25) is 14.2 Å². The summed E-state index contributed by atoms with van der Waals surface area (Å²) in [5, 5.41) is 11.1. The van der Waals surface area contributed by atoms with Gasteiger partial charge in [-0.1, -0.05) is 18.5 Å². The maximum absolute atomic E-state index is 12.5. The van der Waals surface area contributed by atoms with E-state index >= 15 is 0 Å². The lowest BCUT2D eigenvalue weighted by Crippen LogP contribution is -2.30. The molecule has 1 atom stereocenters. The lowest BCUT2D eigenvalue weighted by molar-refractivity contribution is 0.0913. The Labute approximate surface area is 161 Å². The Hall–Kier alpha value is -2.70. The summed E-state index contributed by atoms with van der Waals surface area (Å²) in [7, 11) is 0. The van der Waals surface area contributed by atoms with Gasteiger partial charge in [0.05, 0.1) is 23.8 Å². The van der Waals surface area contributed by atoms with Gasteiger partial charge in [0.2, 0.25) is 0 Å². The zero-order chi connectivity index (χ0) is 19.4. The Morgan fingerprint density at radius 1 is 1.26 bits per heavy atom. The minimum absolute atomic E-state index is 0.00109. The molecule has 0 spiro atoms. The number of Topliss-reactive ketones (excluding diaryl/α,β-unsaturated/α-hetero) is 1. The standard InChI is InChI=1S/C20H19ClN2O4/c1-2-19(25)13-3-6-16(7-4-13)27-11-15(24)10-23-12-22-18-8-5-14(21)9-17(18)20(23)26/h3-9,12,15,24H,2,10-11H2,1H3/t15-/m1/s1. The molecule has 6 nitrogen and oxygen atoms in total. The first-order valence-corrected chi connectivity index (χ1v) is 8.94. The molecule has 27 heavy (non-hydrogen) atoms. The first-order valence-electron chi connectivity index (χ1n) is 8.56. The summed E-state index contributed by atoms with van der Waals surface area (Å²) in [6, 6.07) is 11.6. The lowest BCUT2D eigenvalue weighted by Gasteiger charge is -2.14. The van der Waals surface area contributed by atoms with E-state index in [1.165, 1.54) is 10.9 Å². The summed E-state index contributed by atoms with van der Waals surface area (Å²) < 4.78 is 6.87. The summed E-state index contributed by atoms with van der Waals surface area (Å²) >= 11 is 5.94. The van der Waals surface area contributed by atoms with Crippen LogP contribution >= 0.6 is 11.6 Å². The van der Waals surface area contributed by atoms with Crippen molar-refractivity contribution in [3.63, 3.8) is 0 Å². The molecule has 0 saturated carbocycles. The number of nitrogens with zero attached hydrogens (tertiary/aromatic N) is 2. The number of rotatable bonds is 7. The number of aromatic nitrogens is 2. The van der Waals surface area contributed by atoms with E-state index in [2.05, 4.69) is 4.98 Å². The van der Waals surface area contributed by atoms with Crippen molar-refractivity contribution in [2.75, 3.05) is 6.61 Å². The molecule has 0 bridgehead atoms. The highest BCUT2D eigenvalue weighted by atomic mass is 35.5. The second-order valence-corrected chi connectivity index (χ2v) is 6.57. The van der Waals surface area contributed by atoms with Crippen molar-refractivity contribution < 1.29 is 14.6 Å². The van der Waals surface area contributed by atoms with Gasteiger partial charge in [-0.15, -0.1) is 0 Å². The average molecular weight is 387 g/mol. The number of aliphatic hydroxyl groups is 1. The third-order valence-corrected chi connectivity index (χ3v) is 4.37. The van der Waals surface area contributed by atoms with Crippen LogP contribution < -0.4 is 10.3 Å². The fourth-order valence-electron chi connectivity index (χ4n) is 2.67. The van der Waals surface area contributed by atoms with Crippen LogP contribution in [0.25, 0.3) is 10.9 Å². The number of halogens is 1. The molecule has 1 aromatic heterocycles. The molecule has 0 aliphatic rings. The average Bonchev–Trinajstić information content (AvgIpc) is 2.68. The van der Waals surface area contributed by atoms with Gasteiger partial charge >= 0.3 is 0 Å². The molecule has 0 unspecified atom stereocenters. The number of ketones is 1. The second kappa shape index (κ2) is 8.33. The highest BCUT2D eigenvalue weighted by molar-refractivity contribution is 6.31. The molecule has 0 fully saturated rings. The van der Waals surface area contributed by atoms with E-state index in [9.17, 15) is 14.7 Å². The number of carbonyl (C=O) groups is 1. The first kappa shape index (κ1) is 19.1. The largest absolute Gasteiger partial charge is 0.491 e. The van der Waals surface area contributed by atoms with Crippen molar-refractivity contribution in [2.45, 2.75) is 26.0 Å². The van der Waals surface area contributed by atoms with Crippen LogP contribution in [-0.2, 0) is 6.54 Å². The number of carbonyl (C=O) groups excluding carboxylic acids is 1. The summed E-state index contributed by atoms with van der Waals surface area (Å²) in [6.45, 7) is 1.85.